The normalized spacial score (nSPS) is 16.8. The molecule has 0 saturated carbocycles. The maximum atomic E-state index is 13.1. The van der Waals surface area contributed by atoms with Crippen molar-refractivity contribution in [1.82, 2.24) is 24.0 Å². The van der Waals surface area contributed by atoms with Crippen LogP contribution in [0.5, 0.6) is 0 Å². The third-order valence-corrected chi connectivity index (χ3v) is 8.09. The molecule has 170 valence electrons. The fourth-order valence-electron chi connectivity index (χ4n) is 3.66. The summed E-state index contributed by atoms with van der Waals surface area (Å²) in [5, 5.41) is 4.45. The van der Waals surface area contributed by atoms with E-state index in [1.807, 2.05) is 24.3 Å². The highest BCUT2D eigenvalue weighted by atomic mass is 32.2. The quantitative estimate of drug-likeness (QED) is 0.483. The highest BCUT2D eigenvalue weighted by Crippen LogP contribution is 2.23. The molecule has 0 spiro atoms. The first-order valence-corrected chi connectivity index (χ1v) is 12.5. The molecule has 0 N–H and O–H groups in total. The minimum Gasteiger partial charge on any atom is -0.409 e. The van der Waals surface area contributed by atoms with E-state index in [-0.39, 0.29) is 4.84 Å². The van der Waals surface area contributed by atoms with Crippen molar-refractivity contribution in [2.24, 2.45) is 0 Å². The zero-order valence-electron chi connectivity index (χ0n) is 18.2. The van der Waals surface area contributed by atoms with Gasteiger partial charge in [-0.15, -0.1) is 5.10 Å². The smallest absolute Gasteiger partial charge is 0.288 e. The lowest BCUT2D eigenvalue weighted by Crippen LogP contribution is -2.48. The molecular formula is C22H27N5O3S2. The number of pyridine rings is 1. The van der Waals surface area contributed by atoms with E-state index in [1.165, 1.54) is 0 Å². The maximum Gasteiger partial charge on any atom is 0.288 e. The van der Waals surface area contributed by atoms with Crippen molar-refractivity contribution in [2.45, 2.75) is 37.8 Å². The third kappa shape index (κ3) is 4.83. The Morgan fingerprint density at radius 1 is 1.12 bits per heavy atom. The number of benzene rings is 1. The molecule has 8 nitrogen and oxygen atoms in total. The fourth-order valence-corrected chi connectivity index (χ4v) is 5.26. The van der Waals surface area contributed by atoms with Gasteiger partial charge >= 0.3 is 0 Å². The fraction of sp³-hybridized carbons (Fsp3) is 0.409. The molecule has 1 aliphatic heterocycles. The second-order valence-corrected chi connectivity index (χ2v) is 10.2. The van der Waals surface area contributed by atoms with Crippen LogP contribution in [-0.2, 0) is 16.7 Å². The van der Waals surface area contributed by atoms with Gasteiger partial charge in [0.2, 0.25) is 15.9 Å². The zero-order valence-corrected chi connectivity index (χ0v) is 19.8. The Kier molecular flexibility index (Phi) is 6.85. The molecule has 1 aromatic carbocycles. The summed E-state index contributed by atoms with van der Waals surface area (Å²) < 4.78 is 34.9. The topological polar surface area (TPSA) is 84.5 Å². The lowest BCUT2D eigenvalue weighted by Gasteiger charge is -2.33. The largest absolute Gasteiger partial charge is 0.409 e. The van der Waals surface area contributed by atoms with Crippen LogP contribution in [0.2, 0.25) is 0 Å². The van der Waals surface area contributed by atoms with Crippen LogP contribution in [-0.4, -0.2) is 58.6 Å². The molecule has 1 fully saturated rings. The Morgan fingerprint density at radius 2 is 1.84 bits per heavy atom. The van der Waals surface area contributed by atoms with Crippen LogP contribution in [0.15, 0.2) is 58.1 Å². The molecule has 1 atom stereocenters. The summed E-state index contributed by atoms with van der Waals surface area (Å²) in [6.45, 7) is 6.71. The van der Waals surface area contributed by atoms with E-state index in [9.17, 15) is 8.42 Å². The molecule has 0 unspecified atom stereocenters. The number of nitrogens with zero attached hydrogens (tertiary/aromatic N) is 5. The molecule has 3 aromatic rings. The van der Waals surface area contributed by atoms with Gasteiger partial charge in [0, 0.05) is 38.6 Å². The molecule has 10 heteroatoms. The standard InChI is InChI=1S/C22H27N5O3S2/c1-3-17(2)18-6-8-20(9-7-18)32(28,29)26-13-11-25(12-14-26)16-27-22(31)30-21(24-27)19-5-4-10-23-15-19/h4-10,15,17H,3,11-14,16H2,1-2H3/t17-/m1/s1. The number of rotatable bonds is 7. The Morgan fingerprint density at radius 3 is 2.47 bits per heavy atom. The van der Waals surface area contributed by atoms with Gasteiger partial charge < -0.3 is 4.42 Å². The first-order chi connectivity index (χ1) is 15.4. The summed E-state index contributed by atoms with van der Waals surface area (Å²) in [7, 11) is -3.51. The number of hydrogen-bond acceptors (Lipinski definition) is 7. The molecule has 4 rings (SSSR count). The first kappa shape index (κ1) is 22.8. The van der Waals surface area contributed by atoms with Gasteiger partial charge in [-0.25, -0.2) is 13.1 Å². The van der Waals surface area contributed by atoms with Crippen LogP contribution in [0, 0.1) is 4.84 Å². The lowest BCUT2D eigenvalue weighted by atomic mass is 9.99. The van der Waals surface area contributed by atoms with E-state index >= 15 is 0 Å². The van der Waals surface area contributed by atoms with Gasteiger partial charge in [-0.3, -0.25) is 9.88 Å². The molecule has 2 aromatic heterocycles. The van der Waals surface area contributed by atoms with E-state index in [2.05, 4.69) is 28.8 Å². The minimum atomic E-state index is -3.51. The van der Waals surface area contributed by atoms with Crippen LogP contribution in [0.4, 0.5) is 0 Å². The average Bonchev–Trinajstić information content (AvgIpc) is 3.19. The molecule has 0 aliphatic carbocycles. The van der Waals surface area contributed by atoms with Crippen molar-refractivity contribution >= 4 is 22.2 Å². The van der Waals surface area contributed by atoms with Crippen LogP contribution in [0.3, 0.4) is 0 Å². The van der Waals surface area contributed by atoms with E-state index in [0.717, 1.165) is 17.5 Å². The van der Waals surface area contributed by atoms with Gasteiger partial charge in [0.15, 0.2) is 0 Å². The SMILES string of the molecule is CC[C@@H](C)c1ccc(S(=O)(=O)N2CCN(Cn3nc(-c4cccnc4)oc3=S)CC2)cc1. The van der Waals surface area contributed by atoms with Crippen LogP contribution >= 0.6 is 12.2 Å². The number of hydrogen-bond donors (Lipinski definition) is 0. The molecule has 0 radical (unpaired) electrons. The summed E-state index contributed by atoms with van der Waals surface area (Å²) >= 11 is 5.31. The van der Waals surface area contributed by atoms with Crippen LogP contribution < -0.4 is 0 Å². The molecule has 1 saturated heterocycles. The van der Waals surface area contributed by atoms with Crippen molar-refractivity contribution in [2.75, 3.05) is 26.2 Å². The van der Waals surface area contributed by atoms with E-state index in [1.54, 1.807) is 33.5 Å². The second-order valence-electron chi connectivity index (χ2n) is 7.96. The second kappa shape index (κ2) is 9.62. The maximum absolute atomic E-state index is 13.1. The van der Waals surface area contributed by atoms with Gasteiger partial charge in [0.1, 0.15) is 0 Å². The lowest BCUT2D eigenvalue weighted by molar-refractivity contribution is 0.143. The number of piperazine rings is 1. The average molecular weight is 474 g/mol. The summed E-state index contributed by atoms with van der Waals surface area (Å²) in [6, 6.07) is 10.9. The Bertz CT molecular complexity index is 1200. The van der Waals surface area contributed by atoms with Gasteiger partial charge in [0.05, 0.1) is 17.1 Å². The number of aromatic nitrogens is 3. The van der Waals surface area contributed by atoms with Crippen molar-refractivity contribution in [3.8, 4) is 11.5 Å². The third-order valence-electron chi connectivity index (χ3n) is 5.88. The van der Waals surface area contributed by atoms with Crippen LogP contribution in [0.1, 0.15) is 31.7 Å². The molecule has 0 amide bonds. The highest BCUT2D eigenvalue weighted by Gasteiger charge is 2.29. The van der Waals surface area contributed by atoms with Crippen molar-refractivity contribution in [3.05, 3.63) is 59.2 Å². The molecule has 32 heavy (non-hydrogen) atoms. The first-order valence-electron chi connectivity index (χ1n) is 10.7. The monoisotopic (exact) mass is 473 g/mol. The van der Waals surface area contributed by atoms with Crippen molar-refractivity contribution in [3.63, 3.8) is 0 Å². The molecule has 3 heterocycles. The predicted molar refractivity (Wildman–Crippen MR) is 124 cm³/mol. The summed E-state index contributed by atoms with van der Waals surface area (Å²) in [5.41, 5.74) is 1.92. The van der Waals surface area contributed by atoms with Gasteiger partial charge in [-0.1, -0.05) is 26.0 Å². The van der Waals surface area contributed by atoms with E-state index in [0.29, 0.717) is 49.6 Å². The Labute approximate surface area is 193 Å². The van der Waals surface area contributed by atoms with Crippen molar-refractivity contribution in [1.29, 1.82) is 0 Å². The van der Waals surface area contributed by atoms with E-state index in [4.69, 9.17) is 16.6 Å². The van der Waals surface area contributed by atoms with Gasteiger partial charge in [-0.2, -0.15) is 4.31 Å². The summed E-state index contributed by atoms with van der Waals surface area (Å²) in [5.74, 6) is 0.836. The summed E-state index contributed by atoms with van der Waals surface area (Å²) in [6.07, 6.45) is 4.38. The highest BCUT2D eigenvalue weighted by molar-refractivity contribution is 7.89. The van der Waals surface area contributed by atoms with Gasteiger partial charge in [-0.05, 0) is 54.4 Å². The van der Waals surface area contributed by atoms with Crippen LogP contribution in [0.25, 0.3) is 11.5 Å². The molecule has 1 aliphatic rings. The van der Waals surface area contributed by atoms with Gasteiger partial charge in [0.25, 0.3) is 4.84 Å². The Hall–Kier alpha value is -2.40. The predicted octanol–water partition coefficient (Wildman–Crippen LogP) is 3.75. The minimum absolute atomic E-state index is 0.278. The summed E-state index contributed by atoms with van der Waals surface area (Å²) in [4.78, 5) is 6.81. The Balaban J connectivity index is 1.39. The molecule has 0 bridgehead atoms. The molecular weight excluding hydrogens is 446 g/mol. The number of sulfonamides is 1. The van der Waals surface area contributed by atoms with E-state index < -0.39 is 10.0 Å². The zero-order chi connectivity index (χ0) is 22.7. The van der Waals surface area contributed by atoms with Crippen molar-refractivity contribution < 1.29 is 12.8 Å².